The minimum absolute atomic E-state index is 0.0271. The van der Waals surface area contributed by atoms with Crippen LogP contribution in [0.1, 0.15) is 43.2 Å². The second-order valence-corrected chi connectivity index (χ2v) is 11.2. The van der Waals surface area contributed by atoms with Crippen LogP contribution in [0.3, 0.4) is 0 Å². The molecule has 1 heterocycles. The molecule has 0 aliphatic heterocycles. The third-order valence-electron chi connectivity index (χ3n) is 8.91. The molecule has 5 nitrogen and oxygen atoms in total. The Kier molecular flexibility index (Phi) is 5.91. The number of hydrogen-bond donors (Lipinski definition) is 2. The highest BCUT2D eigenvalue weighted by Gasteiger charge is 2.59. The molecule has 6 heteroatoms. The summed E-state index contributed by atoms with van der Waals surface area (Å²) in [6.07, 6.45) is 8.67. The minimum atomic E-state index is -0.982. The van der Waals surface area contributed by atoms with Crippen molar-refractivity contribution in [2.45, 2.75) is 49.5 Å². The Balaban J connectivity index is 1.22. The second kappa shape index (κ2) is 9.11. The van der Waals surface area contributed by atoms with E-state index in [0.717, 1.165) is 30.7 Å². The molecule has 36 heavy (non-hydrogen) atoms. The average molecular weight is 503 g/mol. The zero-order valence-corrected chi connectivity index (χ0v) is 21.0. The fourth-order valence-electron chi connectivity index (χ4n) is 6.97. The normalized spacial score (nSPS) is 30.5. The topological polar surface area (TPSA) is 71.5 Å². The van der Waals surface area contributed by atoms with Gasteiger partial charge in [-0.15, -0.1) is 0 Å². The smallest absolute Gasteiger partial charge is 0.329 e. The first-order valence-corrected chi connectivity index (χ1v) is 13.3. The number of hydrogen-bond acceptors (Lipinski definition) is 4. The molecule has 3 aromatic rings. The number of aliphatic carboxylic acids is 1. The van der Waals surface area contributed by atoms with E-state index in [0.29, 0.717) is 42.2 Å². The van der Waals surface area contributed by atoms with Crippen molar-refractivity contribution in [1.29, 1.82) is 0 Å². The highest BCUT2D eigenvalue weighted by atomic mass is 35.5. The number of carboxylic acid groups (broad SMARTS) is 1. The van der Waals surface area contributed by atoms with Crippen molar-refractivity contribution < 1.29 is 14.6 Å². The molecular formula is C30H31ClN2O3. The summed E-state index contributed by atoms with van der Waals surface area (Å²) in [6.45, 7) is 0.717. The Hall–Kier alpha value is -3.05. The number of halogens is 1. The van der Waals surface area contributed by atoms with Crippen LogP contribution in [-0.4, -0.2) is 28.2 Å². The summed E-state index contributed by atoms with van der Waals surface area (Å²) in [5, 5.41) is 14.3. The molecule has 3 atom stereocenters. The summed E-state index contributed by atoms with van der Waals surface area (Å²) < 4.78 is 6.05. The summed E-state index contributed by atoms with van der Waals surface area (Å²) >= 11 is 6.18. The van der Waals surface area contributed by atoms with Crippen LogP contribution in [0.5, 0.6) is 5.75 Å². The molecule has 2 fully saturated rings. The first-order valence-electron chi connectivity index (χ1n) is 12.9. The second-order valence-electron chi connectivity index (χ2n) is 10.8. The summed E-state index contributed by atoms with van der Waals surface area (Å²) in [5.41, 5.74) is 2.69. The number of nitrogens with one attached hydrogen (secondary N) is 1. The van der Waals surface area contributed by atoms with Crippen LogP contribution < -0.4 is 10.1 Å². The van der Waals surface area contributed by atoms with Gasteiger partial charge in [0.2, 0.25) is 0 Å². The van der Waals surface area contributed by atoms with Gasteiger partial charge in [0.25, 0.3) is 0 Å². The first kappa shape index (κ1) is 23.4. The Morgan fingerprint density at radius 2 is 1.92 bits per heavy atom. The number of nitrogens with zero attached hydrogens (tertiary/aromatic N) is 1. The average Bonchev–Trinajstić information content (AvgIpc) is 3.60. The van der Waals surface area contributed by atoms with Crippen LogP contribution in [0.4, 0.5) is 5.69 Å². The van der Waals surface area contributed by atoms with Crippen LogP contribution >= 0.6 is 11.6 Å². The standard InChI is InChI=1S/C30H31ClN2O3/c31-22-6-3-7-23(17-22)33-30(28(34)35)12-10-29(11-13-30)26-9-2-1-5-20(26)16-27(29)25-15-21(25)19-36-24-8-4-14-32-18-24/h1-9,14,17-18,21,25,27,33H,10-13,15-16,19H2,(H,34,35)/t21-,25+,27+,29?,30?/m1/s1. The highest BCUT2D eigenvalue weighted by molar-refractivity contribution is 6.30. The van der Waals surface area contributed by atoms with Gasteiger partial charge in [0.05, 0.1) is 12.8 Å². The lowest BCUT2D eigenvalue weighted by Crippen LogP contribution is -2.53. The number of benzene rings is 2. The van der Waals surface area contributed by atoms with Gasteiger partial charge in [0.15, 0.2) is 0 Å². The molecule has 0 unspecified atom stereocenters. The maximum Gasteiger partial charge on any atom is 0.329 e. The summed E-state index contributed by atoms with van der Waals surface area (Å²) in [6, 6.07) is 20.0. The lowest BCUT2D eigenvalue weighted by atomic mass is 9.59. The van der Waals surface area contributed by atoms with Gasteiger partial charge in [-0.05, 0) is 103 Å². The maximum absolute atomic E-state index is 12.6. The van der Waals surface area contributed by atoms with Crippen molar-refractivity contribution in [1.82, 2.24) is 4.98 Å². The van der Waals surface area contributed by atoms with E-state index in [1.165, 1.54) is 17.5 Å². The predicted molar refractivity (Wildman–Crippen MR) is 141 cm³/mol. The number of carbonyl (C=O) groups is 1. The van der Waals surface area contributed by atoms with E-state index in [-0.39, 0.29) is 5.41 Å². The molecule has 1 aromatic heterocycles. The fraction of sp³-hybridized carbons (Fsp3) is 0.400. The number of anilines is 1. The van der Waals surface area contributed by atoms with Gasteiger partial charge in [-0.1, -0.05) is 41.9 Å². The molecule has 0 amide bonds. The lowest BCUT2D eigenvalue weighted by Gasteiger charge is -2.47. The summed E-state index contributed by atoms with van der Waals surface area (Å²) in [5.74, 6) is 1.71. The number of carboxylic acids is 1. The molecule has 186 valence electrons. The van der Waals surface area contributed by atoms with Crippen molar-refractivity contribution in [3.05, 3.63) is 89.2 Å². The molecule has 0 bridgehead atoms. The van der Waals surface area contributed by atoms with E-state index >= 15 is 0 Å². The van der Waals surface area contributed by atoms with Gasteiger partial charge >= 0.3 is 5.97 Å². The molecule has 2 saturated carbocycles. The first-order chi connectivity index (χ1) is 17.5. The van der Waals surface area contributed by atoms with Crippen LogP contribution in [0, 0.1) is 17.8 Å². The quantitative estimate of drug-likeness (QED) is 0.393. The Labute approximate surface area is 216 Å². The van der Waals surface area contributed by atoms with Crippen molar-refractivity contribution in [2.24, 2.45) is 17.8 Å². The number of rotatable bonds is 7. The highest BCUT2D eigenvalue weighted by Crippen LogP contribution is 2.62. The SMILES string of the molecule is O=C(O)C1(Nc2cccc(Cl)c2)CCC2(CC1)c1ccccc1C[C@H]2[C@H]1C[C@@H]1COc1cccnc1. The molecule has 2 aromatic carbocycles. The molecule has 6 rings (SSSR count). The van der Waals surface area contributed by atoms with Crippen molar-refractivity contribution in [3.8, 4) is 5.75 Å². The Morgan fingerprint density at radius 3 is 2.67 bits per heavy atom. The van der Waals surface area contributed by atoms with E-state index < -0.39 is 11.5 Å². The zero-order valence-electron chi connectivity index (χ0n) is 20.2. The third kappa shape index (κ3) is 4.13. The lowest BCUT2D eigenvalue weighted by molar-refractivity contribution is -0.144. The number of ether oxygens (including phenoxy) is 1. The minimum Gasteiger partial charge on any atom is -0.492 e. The van der Waals surface area contributed by atoms with Gasteiger partial charge in [0, 0.05) is 16.9 Å². The van der Waals surface area contributed by atoms with Gasteiger partial charge in [-0.3, -0.25) is 4.98 Å². The van der Waals surface area contributed by atoms with Crippen molar-refractivity contribution in [3.63, 3.8) is 0 Å². The molecule has 0 saturated heterocycles. The van der Waals surface area contributed by atoms with Crippen LogP contribution in [0.2, 0.25) is 5.02 Å². The van der Waals surface area contributed by atoms with E-state index in [1.54, 1.807) is 24.5 Å². The van der Waals surface area contributed by atoms with Gasteiger partial charge in [-0.25, -0.2) is 4.79 Å². The number of fused-ring (bicyclic) bond motifs is 2. The molecular weight excluding hydrogens is 472 g/mol. The van der Waals surface area contributed by atoms with Crippen LogP contribution in [-0.2, 0) is 16.6 Å². The fourth-order valence-corrected chi connectivity index (χ4v) is 7.16. The van der Waals surface area contributed by atoms with Gasteiger partial charge < -0.3 is 15.2 Å². The summed E-state index contributed by atoms with van der Waals surface area (Å²) in [7, 11) is 0. The molecule has 3 aliphatic carbocycles. The van der Waals surface area contributed by atoms with Crippen LogP contribution in [0.15, 0.2) is 73.1 Å². The molecule has 0 radical (unpaired) electrons. The molecule has 3 aliphatic rings. The van der Waals surface area contributed by atoms with Gasteiger partial charge in [-0.2, -0.15) is 0 Å². The van der Waals surface area contributed by atoms with E-state index in [1.807, 2.05) is 24.3 Å². The van der Waals surface area contributed by atoms with E-state index in [2.05, 4.69) is 34.6 Å². The monoisotopic (exact) mass is 502 g/mol. The largest absolute Gasteiger partial charge is 0.492 e. The Bertz CT molecular complexity index is 1260. The predicted octanol–water partition coefficient (Wildman–Crippen LogP) is 6.37. The Morgan fingerprint density at radius 1 is 1.08 bits per heavy atom. The molecule has 1 spiro atoms. The van der Waals surface area contributed by atoms with Crippen LogP contribution in [0.25, 0.3) is 0 Å². The summed E-state index contributed by atoms with van der Waals surface area (Å²) in [4.78, 5) is 16.7. The van der Waals surface area contributed by atoms with Crippen molar-refractivity contribution in [2.75, 3.05) is 11.9 Å². The number of pyridine rings is 1. The van der Waals surface area contributed by atoms with Gasteiger partial charge in [0.1, 0.15) is 11.3 Å². The van der Waals surface area contributed by atoms with Crippen molar-refractivity contribution >= 4 is 23.3 Å². The van der Waals surface area contributed by atoms with E-state index in [9.17, 15) is 9.90 Å². The zero-order chi connectivity index (χ0) is 24.8. The third-order valence-corrected chi connectivity index (χ3v) is 9.14. The maximum atomic E-state index is 12.6. The molecule has 2 N–H and O–H groups in total. The van der Waals surface area contributed by atoms with E-state index in [4.69, 9.17) is 16.3 Å². The number of aromatic nitrogens is 1.